The van der Waals surface area contributed by atoms with Crippen molar-refractivity contribution in [1.29, 1.82) is 0 Å². The van der Waals surface area contributed by atoms with Gasteiger partial charge in [0.15, 0.2) is 0 Å². The average molecular weight is 356 g/mol. The molecule has 6 unspecified atom stereocenters. The lowest BCUT2D eigenvalue weighted by molar-refractivity contribution is -0.0854. The summed E-state index contributed by atoms with van der Waals surface area (Å²) >= 11 is 0. The molecule has 5 N–H and O–H groups in total. The maximum atomic E-state index is 6.25. The molecule has 2 saturated heterocycles. The number of hydrogen-bond donors (Lipinski definition) is 5. The van der Waals surface area contributed by atoms with E-state index in [0.29, 0.717) is 18.2 Å². The second-order valence-electron chi connectivity index (χ2n) is 7.63. The molecule has 2 aliphatic heterocycles. The Balaban J connectivity index is 1.42. The van der Waals surface area contributed by atoms with Crippen molar-refractivity contribution in [2.24, 2.45) is 0 Å². The normalized spacial score (nSPS) is 39.6. The Kier molecular flexibility index (Phi) is 7.91. The molecule has 3 aliphatic rings. The van der Waals surface area contributed by atoms with E-state index in [1.807, 2.05) is 14.2 Å². The minimum absolute atomic E-state index is 0.165. The van der Waals surface area contributed by atoms with Crippen LogP contribution in [0.5, 0.6) is 0 Å². The summed E-state index contributed by atoms with van der Waals surface area (Å²) in [4.78, 5) is 0. The predicted molar refractivity (Wildman–Crippen MR) is 99.3 cm³/mol. The molecule has 7 heteroatoms. The lowest BCUT2D eigenvalue weighted by Crippen LogP contribution is -2.65. The highest BCUT2D eigenvalue weighted by Gasteiger charge is 2.33. The summed E-state index contributed by atoms with van der Waals surface area (Å²) in [6.45, 7) is 3.02. The summed E-state index contributed by atoms with van der Waals surface area (Å²) < 4.78 is 11.9. The lowest BCUT2D eigenvalue weighted by atomic mass is 9.90. The van der Waals surface area contributed by atoms with Crippen LogP contribution in [-0.4, -0.2) is 70.6 Å². The molecule has 3 fully saturated rings. The Labute approximate surface area is 152 Å². The molecule has 0 bridgehead atoms. The largest absolute Gasteiger partial charge is 0.379 e. The molecular weight excluding hydrogens is 318 g/mol. The molecule has 0 amide bonds. The summed E-state index contributed by atoms with van der Waals surface area (Å²) in [7, 11) is 3.82. The van der Waals surface area contributed by atoms with Gasteiger partial charge in [0, 0.05) is 32.3 Å². The van der Waals surface area contributed by atoms with Crippen molar-refractivity contribution in [3.05, 3.63) is 0 Å². The molecule has 0 aromatic rings. The first kappa shape index (κ1) is 19.5. The molecular formula is C18H37N5O2. The van der Waals surface area contributed by atoms with Crippen molar-refractivity contribution in [2.45, 2.75) is 81.7 Å². The van der Waals surface area contributed by atoms with Crippen LogP contribution in [0.2, 0.25) is 0 Å². The van der Waals surface area contributed by atoms with E-state index in [-0.39, 0.29) is 18.5 Å². The van der Waals surface area contributed by atoms with E-state index in [1.165, 1.54) is 12.8 Å². The van der Waals surface area contributed by atoms with Crippen LogP contribution in [0.4, 0.5) is 0 Å². The van der Waals surface area contributed by atoms with E-state index < -0.39 is 0 Å². The molecule has 0 spiro atoms. The summed E-state index contributed by atoms with van der Waals surface area (Å²) in [5.74, 6) is 0. The first-order valence-corrected chi connectivity index (χ1v) is 10.1. The molecule has 1 saturated carbocycles. The monoisotopic (exact) mass is 355 g/mol. The van der Waals surface area contributed by atoms with Crippen LogP contribution in [0, 0.1) is 0 Å². The van der Waals surface area contributed by atoms with Gasteiger partial charge in [-0.05, 0) is 58.5 Å². The number of methoxy groups -OCH3 is 1. The van der Waals surface area contributed by atoms with E-state index in [0.717, 1.165) is 51.8 Å². The molecule has 3 rings (SSSR count). The molecule has 0 aromatic heterocycles. The summed E-state index contributed by atoms with van der Waals surface area (Å²) in [6, 6.07) is 1.11. The van der Waals surface area contributed by atoms with E-state index in [9.17, 15) is 0 Å². The van der Waals surface area contributed by atoms with Crippen LogP contribution in [0.25, 0.3) is 0 Å². The lowest BCUT2D eigenvalue weighted by Gasteiger charge is -2.39. The third kappa shape index (κ3) is 5.85. The van der Waals surface area contributed by atoms with Gasteiger partial charge in [-0.15, -0.1) is 0 Å². The van der Waals surface area contributed by atoms with Crippen LogP contribution < -0.4 is 26.6 Å². The molecule has 25 heavy (non-hydrogen) atoms. The Morgan fingerprint density at radius 2 is 1.96 bits per heavy atom. The molecule has 6 atom stereocenters. The van der Waals surface area contributed by atoms with Crippen molar-refractivity contribution in [3.63, 3.8) is 0 Å². The van der Waals surface area contributed by atoms with Gasteiger partial charge in [-0.1, -0.05) is 0 Å². The van der Waals surface area contributed by atoms with Crippen molar-refractivity contribution in [1.82, 2.24) is 26.6 Å². The van der Waals surface area contributed by atoms with Gasteiger partial charge in [-0.25, -0.2) is 0 Å². The minimum atomic E-state index is 0.165. The first-order valence-electron chi connectivity index (χ1n) is 10.1. The maximum Gasteiger partial charge on any atom is 0.113 e. The molecule has 0 aromatic carbocycles. The number of hydrogen-bond acceptors (Lipinski definition) is 7. The molecule has 146 valence electrons. The van der Waals surface area contributed by atoms with Crippen LogP contribution in [0.15, 0.2) is 0 Å². The topological polar surface area (TPSA) is 78.6 Å². The van der Waals surface area contributed by atoms with Crippen molar-refractivity contribution in [3.8, 4) is 0 Å². The van der Waals surface area contributed by atoms with Gasteiger partial charge in [0.05, 0.1) is 18.4 Å². The summed E-state index contributed by atoms with van der Waals surface area (Å²) in [5, 5.41) is 17.6. The van der Waals surface area contributed by atoms with Crippen LogP contribution in [-0.2, 0) is 9.47 Å². The highest BCUT2D eigenvalue weighted by atomic mass is 16.5. The van der Waals surface area contributed by atoms with E-state index in [2.05, 4.69) is 26.6 Å². The van der Waals surface area contributed by atoms with Gasteiger partial charge < -0.3 is 20.1 Å². The second-order valence-corrected chi connectivity index (χ2v) is 7.63. The predicted octanol–water partition coefficient (Wildman–Crippen LogP) is 0.0828. The highest BCUT2D eigenvalue weighted by Crippen LogP contribution is 2.25. The minimum Gasteiger partial charge on any atom is -0.379 e. The highest BCUT2D eigenvalue weighted by molar-refractivity contribution is 4.88. The molecule has 0 radical (unpaired) electrons. The zero-order valence-electron chi connectivity index (χ0n) is 15.9. The van der Waals surface area contributed by atoms with Gasteiger partial charge in [0.2, 0.25) is 0 Å². The van der Waals surface area contributed by atoms with Gasteiger partial charge in [0.1, 0.15) is 6.29 Å². The van der Waals surface area contributed by atoms with E-state index in [1.54, 1.807) is 0 Å². The van der Waals surface area contributed by atoms with Crippen LogP contribution in [0.3, 0.4) is 0 Å². The third-order valence-corrected chi connectivity index (χ3v) is 5.89. The summed E-state index contributed by atoms with van der Waals surface area (Å²) in [5.41, 5.74) is 0. The number of rotatable bonds is 8. The zero-order valence-corrected chi connectivity index (χ0v) is 15.9. The average Bonchev–Trinajstić information content (AvgIpc) is 3.16. The quantitative estimate of drug-likeness (QED) is 0.422. The van der Waals surface area contributed by atoms with Crippen LogP contribution in [0.1, 0.15) is 44.9 Å². The SMILES string of the molecule is CNC1CCNC(NC2CCC(OC)C(OCCC3CCCN3)C2)N1. The van der Waals surface area contributed by atoms with Gasteiger partial charge in [-0.3, -0.25) is 16.0 Å². The van der Waals surface area contributed by atoms with E-state index >= 15 is 0 Å². The Bertz CT molecular complexity index is 380. The maximum absolute atomic E-state index is 6.25. The van der Waals surface area contributed by atoms with Crippen molar-refractivity contribution < 1.29 is 9.47 Å². The zero-order chi connectivity index (χ0) is 17.5. The van der Waals surface area contributed by atoms with Gasteiger partial charge in [0.25, 0.3) is 0 Å². The standard InChI is InChI=1S/C18H37N5O2/c1-19-17-7-10-21-18(23-17)22-14-5-6-15(24-2)16(12-14)25-11-8-13-4-3-9-20-13/h13-23H,3-12H2,1-2H3. The third-order valence-electron chi connectivity index (χ3n) is 5.89. The molecule has 1 aliphatic carbocycles. The Hall–Kier alpha value is -0.280. The van der Waals surface area contributed by atoms with Crippen molar-refractivity contribution >= 4 is 0 Å². The number of nitrogens with one attached hydrogen (secondary N) is 5. The van der Waals surface area contributed by atoms with Gasteiger partial charge >= 0.3 is 0 Å². The first-order chi connectivity index (χ1) is 12.3. The fourth-order valence-electron chi connectivity index (χ4n) is 4.35. The summed E-state index contributed by atoms with van der Waals surface area (Å²) in [6.07, 6.45) is 8.97. The van der Waals surface area contributed by atoms with E-state index in [4.69, 9.17) is 9.47 Å². The second kappa shape index (κ2) is 10.2. The smallest absolute Gasteiger partial charge is 0.113 e. The van der Waals surface area contributed by atoms with Crippen LogP contribution >= 0.6 is 0 Å². The Morgan fingerprint density at radius 1 is 1.04 bits per heavy atom. The number of ether oxygens (including phenoxy) is 2. The fourth-order valence-corrected chi connectivity index (χ4v) is 4.35. The molecule has 7 nitrogen and oxygen atoms in total. The fraction of sp³-hybridized carbons (Fsp3) is 1.00. The Morgan fingerprint density at radius 3 is 2.72 bits per heavy atom. The van der Waals surface area contributed by atoms with Crippen molar-refractivity contribution in [2.75, 3.05) is 33.9 Å². The molecule has 2 heterocycles. The van der Waals surface area contributed by atoms with Gasteiger partial charge in [-0.2, -0.15) is 0 Å².